The van der Waals surface area contributed by atoms with Crippen LogP contribution in [-0.2, 0) is 59.8 Å². The van der Waals surface area contributed by atoms with Crippen molar-refractivity contribution in [3.63, 3.8) is 0 Å². The van der Waals surface area contributed by atoms with Crippen molar-refractivity contribution in [1.82, 2.24) is 0 Å². The van der Waals surface area contributed by atoms with Gasteiger partial charge in [0.15, 0.2) is 125 Å². The Morgan fingerprint density at radius 1 is 0.198 bits per heavy atom. The molecule has 4 aromatic carbocycles. The van der Waals surface area contributed by atoms with Crippen LogP contribution < -0.4 is 36.5 Å². The molecule has 0 aliphatic heterocycles. The molecule has 8 heterocycles. The lowest BCUT2D eigenvalue weighted by Gasteiger charge is -2.37. The fourth-order valence-electron chi connectivity index (χ4n) is 11.1. The molecule has 0 N–H and O–H groups in total. The smallest absolute Gasteiger partial charge is 0.173 e. The monoisotopic (exact) mass is 1060 g/mol. The molecule has 0 unspecified atom stereocenters. The van der Waals surface area contributed by atoms with Gasteiger partial charge in [-0.1, -0.05) is 97.1 Å². The van der Waals surface area contributed by atoms with E-state index in [0.29, 0.717) is 0 Å². The SMILES string of the molecule is C[n+]1ccc(-c2cc[n+](Cc3ccc(C(c4ccc(C[n+]5ccc(-c6cc[n+](C)cc6)cc5)cc4)(c4ccc(C[n+]5ccc(-c6cc[n+](C)cc6)cc5)cc4)c4ccc(C[n+]5ccc(-c6cc[n+](C)cc6)cc5)cc4)cc3)cc2)cc1. The maximum absolute atomic E-state index is 2.36. The van der Waals surface area contributed by atoms with Gasteiger partial charge in [0.25, 0.3) is 0 Å². The quantitative estimate of drug-likeness (QED) is 0.0683. The normalized spacial score (nSPS) is 11.4. The Hall–Kier alpha value is -9.92. The highest BCUT2D eigenvalue weighted by molar-refractivity contribution is 5.64. The van der Waals surface area contributed by atoms with Crippen LogP contribution in [0.1, 0.15) is 44.5 Å². The molecule has 0 fully saturated rings. The van der Waals surface area contributed by atoms with E-state index in [-0.39, 0.29) is 0 Å². The first-order valence-electron chi connectivity index (χ1n) is 27.8. The number of pyridine rings is 8. The Morgan fingerprint density at radius 3 is 0.506 bits per heavy atom. The minimum absolute atomic E-state index is 0.668. The Kier molecular flexibility index (Phi) is 14.8. The molecule has 392 valence electrons. The summed E-state index contributed by atoms with van der Waals surface area (Å²) in [5.41, 5.74) is 18.7. The lowest BCUT2D eigenvalue weighted by molar-refractivity contribution is -0.688. The van der Waals surface area contributed by atoms with Crippen molar-refractivity contribution in [3.8, 4) is 44.5 Å². The molecule has 8 nitrogen and oxygen atoms in total. The number of hydrogen-bond donors (Lipinski definition) is 0. The number of nitrogens with zero attached hydrogens (tertiary/aromatic N) is 8. The van der Waals surface area contributed by atoms with Crippen LogP contribution in [0.5, 0.6) is 0 Å². The topological polar surface area (TPSA) is 31.0 Å². The summed E-state index contributed by atoms with van der Waals surface area (Å²) in [5.74, 6) is 0. The first kappa shape index (κ1) is 51.8. The summed E-state index contributed by atoms with van der Waals surface area (Å²) in [4.78, 5) is 0. The van der Waals surface area contributed by atoms with Gasteiger partial charge in [-0.25, -0.2) is 36.5 Å². The summed E-state index contributed by atoms with van der Waals surface area (Å²) in [6, 6.07) is 72.4. The molecule has 0 atom stereocenters. The number of hydrogen-bond acceptors (Lipinski definition) is 0. The summed E-state index contributed by atoms with van der Waals surface area (Å²) < 4.78 is 17.3. The van der Waals surface area contributed by atoms with E-state index in [1.54, 1.807) is 0 Å². The third kappa shape index (κ3) is 11.8. The molecule has 8 aromatic heterocycles. The van der Waals surface area contributed by atoms with E-state index in [2.05, 4.69) is 330 Å². The Morgan fingerprint density at radius 2 is 0.346 bits per heavy atom. The first-order chi connectivity index (χ1) is 39.7. The van der Waals surface area contributed by atoms with Crippen molar-refractivity contribution in [2.75, 3.05) is 0 Å². The van der Waals surface area contributed by atoms with Gasteiger partial charge in [-0.05, 0) is 66.8 Å². The van der Waals surface area contributed by atoms with Crippen molar-refractivity contribution >= 4 is 0 Å². The van der Waals surface area contributed by atoms with E-state index in [1.165, 1.54) is 89.0 Å². The van der Waals surface area contributed by atoms with Crippen LogP contribution >= 0.6 is 0 Å². The molecule has 8 heteroatoms. The van der Waals surface area contributed by atoms with Gasteiger partial charge in [-0.15, -0.1) is 0 Å². The maximum Gasteiger partial charge on any atom is 0.173 e. The van der Waals surface area contributed by atoms with E-state index in [0.717, 1.165) is 26.2 Å². The Labute approximate surface area is 476 Å². The zero-order valence-electron chi connectivity index (χ0n) is 46.6. The van der Waals surface area contributed by atoms with Crippen LogP contribution in [0.2, 0.25) is 0 Å². The van der Waals surface area contributed by atoms with Crippen LogP contribution in [0.3, 0.4) is 0 Å². The highest BCUT2D eigenvalue weighted by atomic mass is 14.9. The molecule has 0 amide bonds. The van der Waals surface area contributed by atoms with E-state index >= 15 is 0 Å². The molecular formula is C73H68N8+8. The lowest BCUT2D eigenvalue weighted by Crippen LogP contribution is -2.35. The summed E-state index contributed by atoms with van der Waals surface area (Å²) in [5, 5.41) is 0. The van der Waals surface area contributed by atoms with Crippen LogP contribution in [0.25, 0.3) is 44.5 Å². The molecule has 81 heavy (non-hydrogen) atoms. The molecule has 0 radical (unpaired) electrons. The van der Waals surface area contributed by atoms with E-state index in [4.69, 9.17) is 0 Å². The van der Waals surface area contributed by atoms with Crippen molar-refractivity contribution in [2.24, 2.45) is 28.2 Å². The standard InChI is InChI=1S/C73H68N8/c1-74-37-21-61(22-38-74)65-29-45-78(46-30-65)53-57-5-13-69(14-6-57)73(70-15-7-58(8-16-70)54-79-47-31-66(32-48-79)62-23-39-75(2)40-24-62,71-17-9-59(10-18-71)55-80-49-33-67(34-50-80)63-25-41-76(3)42-26-63)72-19-11-60(12-20-72)56-81-51-35-68(36-52-81)64-27-43-77(4)44-28-64/h5-52H,53-56H2,1-4H3/q+8. The van der Waals surface area contributed by atoms with Gasteiger partial charge >= 0.3 is 0 Å². The second-order valence-electron chi connectivity index (χ2n) is 21.6. The average Bonchev–Trinajstić information content (AvgIpc) is 3.56. The van der Waals surface area contributed by atoms with Crippen molar-refractivity contribution in [3.05, 3.63) is 338 Å². The van der Waals surface area contributed by atoms with Gasteiger partial charge in [-0.3, -0.25) is 0 Å². The molecule has 0 spiro atoms. The van der Waals surface area contributed by atoms with Crippen molar-refractivity contribution in [1.29, 1.82) is 0 Å². The van der Waals surface area contributed by atoms with Crippen LogP contribution in [0.15, 0.2) is 293 Å². The van der Waals surface area contributed by atoms with Crippen molar-refractivity contribution < 1.29 is 36.5 Å². The van der Waals surface area contributed by atoms with Crippen LogP contribution in [-0.4, -0.2) is 0 Å². The molecule has 0 bridgehead atoms. The number of aromatic nitrogens is 8. The minimum atomic E-state index is -0.668. The second kappa shape index (κ2) is 23.2. The molecule has 0 aliphatic rings. The molecule has 0 aliphatic carbocycles. The van der Waals surface area contributed by atoms with Gasteiger partial charge in [0.1, 0.15) is 28.2 Å². The van der Waals surface area contributed by atoms with Gasteiger partial charge < -0.3 is 0 Å². The third-order valence-corrected chi connectivity index (χ3v) is 15.8. The van der Waals surface area contributed by atoms with E-state index in [9.17, 15) is 0 Å². The largest absolute Gasteiger partial charge is 0.208 e. The molecule has 0 saturated carbocycles. The highest BCUT2D eigenvalue weighted by Gasteiger charge is 2.39. The fourth-order valence-corrected chi connectivity index (χ4v) is 11.1. The summed E-state index contributed by atoms with van der Waals surface area (Å²) in [7, 11) is 8.20. The van der Waals surface area contributed by atoms with Gasteiger partial charge in [-0.2, -0.15) is 0 Å². The molecule has 12 rings (SSSR count). The number of benzene rings is 4. The fraction of sp³-hybridized carbons (Fsp3) is 0.123. The minimum Gasteiger partial charge on any atom is -0.208 e. The molecule has 12 aromatic rings. The second-order valence-corrected chi connectivity index (χ2v) is 21.6. The van der Waals surface area contributed by atoms with E-state index < -0.39 is 5.41 Å². The summed E-state index contributed by atoms with van der Waals surface area (Å²) in [6.07, 6.45) is 34.2. The number of rotatable bonds is 16. The predicted octanol–water partition coefficient (Wildman–Crippen LogP) is 9.38. The predicted molar refractivity (Wildman–Crippen MR) is 314 cm³/mol. The third-order valence-electron chi connectivity index (χ3n) is 15.8. The average molecular weight is 1060 g/mol. The zero-order valence-corrected chi connectivity index (χ0v) is 46.6. The first-order valence-corrected chi connectivity index (χ1v) is 27.8. The Bertz CT molecular complexity index is 3470. The van der Waals surface area contributed by atoms with Crippen molar-refractivity contribution in [2.45, 2.75) is 31.6 Å². The van der Waals surface area contributed by atoms with Crippen LogP contribution in [0.4, 0.5) is 0 Å². The highest BCUT2D eigenvalue weighted by Crippen LogP contribution is 2.45. The Balaban J connectivity index is 0.905. The number of aryl methyl sites for hydroxylation is 4. The van der Waals surface area contributed by atoms with Gasteiger partial charge in [0.05, 0.1) is 5.41 Å². The lowest BCUT2D eigenvalue weighted by atomic mass is 9.65. The van der Waals surface area contributed by atoms with E-state index in [1.807, 2.05) is 28.2 Å². The maximum atomic E-state index is 2.36. The van der Waals surface area contributed by atoms with Crippen LogP contribution in [0, 0.1) is 0 Å². The summed E-state index contributed by atoms with van der Waals surface area (Å²) >= 11 is 0. The molecule has 0 saturated heterocycles. The van der Waals surface area contributed by atoms with Gasteiger partial charge in [0.2, 0.25) is 0 Å². The molecular weight excluding hydrogens is 989 g/mol. The van der Waals surface area contributed by atoms with Gasteiger partial charge in [0, 0.05) is 119 Å². The summed E-state index contributed by atoms with van der Waals surface area (Å²) in [6.45, 7) is 3.01. The zero-order chi connectivity index (χ0) is 55.1.